The van der Waals surface area contributed by atoms with Crippen LogP contribution in [0.2, 0.25) is 0 Å². The average Bonchev–Trinajstić information content (AvgIpc) is 2.33. The van der Waals surface area contributed by atoms with Crippen molar-refractivity contribution >= 4 is 5.96 Å². The van der Waals surface area contributed by atoms with Crippen molar-refractivity contribution in [3.05, 3.63) is 0 Å². The third-order valence-electron chi connectivity index (χ3n) is 3.59. The number of hydrogen-bond donors (Lipinski definition) is 0. The Labute approximate surface area is 114 Å². The van der Waals surface area contributed by atoms with E-state index in [-0.39, 0.29) is 12.4 Å². The molecule has 0 aliphatic heterocycles. The summed E-state index contributed by atoms with van der Waals surface area (Å²) in [6.45, 7) is 19.7. The first-order chi connectivity index (χ1) is 7.65. The second-order valence-corrected chi connectivity index (χ2v) is 4.04. The number of quaternary nitrogens is 1. The van der Waals surface area contributed by atoms with Gasteiger partial charge < -0.3 is 17.3 Å². The van der Waals surface area contributed by atoms with E-state index in [2.05, 4.69) is 46.4 Å². The molecular formula is C13H30ClN3. The Bertz CT molecular complexity index is 200. The Morgan fingerprint density at radius 2 is 1.29 bits per heavy atom. The van der Waals surface area contributed by atoms with Crippen LogP contribution in [0, 0.1) is 0 Å². The fraction of sp³-hybridized carbons (Fsp3) is 0.923. The highest BCUT2D eigenvalue weighted by molar-refractivity contribution is 5.73. The summed E-state index contributed by atoms with van der Waals surface area (Å²) in [6, 6.07) is 0. The second-order valence-electron chi connectivity index (χ2n) is 4.04. The van der Waals surface area contributed by atoms with Crippen molar-refractivity contribution in [3.8, 4) is 0 Å². The predicted octanol–water partition coefficient (Wildman–Crippen LogP) is -0.415. The first kappa shape index (κ1) is 19.1. The monoisotopic (exact) mass is 263 g/mol. The molecular weight excluding hydrogens is 234 g/mol. The number of rotatable bonds is 6. The molecule has 0 rings (SSSR count). The molecule has 17 heavy (non-hydrogen) atoms. The smallest absolute Gasteiger partial charge is 0.300 e. The molecule has 3 nitrogen and oxygen atoms in total. The number of aliphatic imine (C=N–C) groups is 1. The van der Waals surface area contributed by atoms with Crippen molar-refractivity contribution in [2.75, 3.05) is 39.3 Å². The molecule has 0 heterocycles. The standard InChI is InChI=1S/C13H30N3.ClH/c1-7-14-13(15(8-2)9-3)16(10-4,11-5)12-6;/h7-12H2,1-6H3;1H/q+1;/p-1/b14-13+;. The first-order valence-electron chi connectivity index (χ1n) is 6.81. The van der Waals surface area contributed by atoms with Gasteiger partial charge in [0.05, 0.1) is 19.6 Å². The Balaban J connectivity index is 0. The van der Waals surface area contributed by atoms with Crippen LogP contribution in [0.4, 0.5) is 0 Å². The van der Waals surface area contributed by atoms with Crippen LogP contribution in [0.25, 0.3) is 0 Å². The summed E-state index contributed by atoms with van der Waals surface area (Å²) in [4.78, 5) is 7.17. The Hall–Kier alpha value is -0.280. The van der Waals surface area contributed by atoms with Gasteiger partial charge in [-0.15, -0.1) is 0 Å². The zero-order valence-electron chi connectivity index (χ0n) is 12.5. The van der Waals surface area contributed by atoms with Gasteiger partial charge in [-0.2, -0.15) is 0 Å². The second kappa shape index (κ2) is 9.72. The normalized spacial score (nSPS) is 12.2. The molecule has 0 aromatic carbocycles. The highest BCUT2D eigenvalue weighted by Crippen LogP contribution is 2.12. The molecule has 0 bridgehead atoms. The van der Waals surface area contributed by atoms with Gasteiger partial charge in [-0.1, -0.05) is 0 Å². The van der Waals surface area contributed by atoms with Gasteiger partial charge in [-0.3, -0.25) is 4.48 Å². The fourth-order valence-corrected chi connectivity index (χ4v) is 2.29. The maximum absolute atomic E-state index is 4.77. The van der Waals surface area contributed by atoms with E-state index in [4.69, 9.17) is 4.99 Å². The maximum Gasteiger partial charge on any atom is 0.300 e. The van der Waals surface area contributed by atoms with E-state index in [1.54, 1.807) is 0 Å². The molecule has 0 unspecified atom stereocenters. The van der Waals surface area contributed by atoms with Crippen LogP contribution < -0.4 is 12.4 Å². The van der Waals surface area contributed by atoms with E-state index in [1.165, 1.54) is 5.96 Å². The number of nitrogens with zero attached hydrogens (tertiary/aromatic N) is 3. The van der Waals surface area contributed by atoms with Crippen LogP contribution in [0.5, 0.6) is 0 Å². The highest BCUT2D eigenvalue weighted by atomic mass is 35.5. The molecule has 0 radical (unpaired) electrons. The molecule has 0 saturated carbocycles. The van der Waals surface area contributed by atoms with Crippen molar-refractivity contribution < 1.29 is 16.9 Å². The summed E-state index contributed by atoms with van der Waals surface area (Å²) < 4.78 is 1.01. The average molecular weight is 264 g/mol. The number of halogens is 1. The van der Waals surface area contributed by atoms with Gasteiger partial charge in [-0.05, 0) is 41.5 Å². The molecule has 104 valence electrons. The summed E-state index contributed by atoms with van der Waals surface area (Å²) in [6.07, 6.45) is 0. The maximum atomic E-state index is 4.77. The van der Waals surface area contributed by atoms with Gasteiger partial charge in [0.2, 0.25) is 0 Å². The van der Waals surface area contributed by atoms with Crippen molar-refractivity contribution in [3.63, 3.8) is 0 Å². The van der Waals surface area contributed by atoms with Crippen molar-refractivity contribution in [2.45, 2.75) is 41.5 Å². The summed E-state index contributed by atoms with van der Waals surface area (Å²) in [5.74, 6) is 1.28. The molecule has 0 atom stereocenters. The molecule has 0 spiro atoms. The molecule has 0 aromatic rings. The Kier molecular flexibility index (Phi) is 10.9. The molecule has 4 heteroatoms. The lowest BCUT2D eigenvalue weighted by atomic mass is 10.3. The van der Waals surface area contributed by atoms with E-state index in [1.807, 2.05) is 0 Å². The third-order valence-corrected chi connectivity index (χ3v) is 3.59. The molecule has 0 aliphatic carbocycles. The zero-order valence-corrected chi connectivity index (χ0v) is 13.2. The Morgan fingerprint density at radius 3 is 1.53 bits per heavy atom. The lowest BCUT2D eigenvalue weighted by molar-refractivity contribution is -0.841. The molecule has 0 amide bonds. The first-order valence-corrected chi connectivity index (χ1v) is 6.81. The molecule has 0 aliphatic rings. The number of hydrogen-bond acceptors (Lipinski definition) is 1. The van der Waals surface area contributed by atoms with Crippen LogP contribution in [-0.4, -0.2) is 54.6 Å². The topological polar surface area (TPSA) is 15.6 Å². The quantitative estimate of drug-likeness (QED) is 0.361. The van der Waals surface area contributed by atoms with Crippen LogP contribution >= 0.6 is 0 Å². The van der Waals surface area contributed by atoms with Crippen LogP contribution in [0.3, 0.4) is 0 Å². The van der Waals surface area contributed by atoms with Crippen molar-refractivity contribution in [1.82, 2.24) is 4.90 Å². The fourth-order valence-electron chi connectivity index (χ4n) is 2.29. The van der Waals surface area contributed by atoms with Gasteiger partial charge in [0.1, 0.15) is 0 Å². The van der Waals surface area contributed by atoms with E-state index >= 15 is 0 Å². The molecule has 0 saturated heterocycles. The van der Waals surface area contributed by atoms with E-state index in [0.717, 1.165) is 43.8 Å². The lowest BCUT2D eigenvalue weighted by Gasteiger charge is -2.39. The highest BCUT2D eigenvalue weighted by Gasteiger charge is 2.32. The minimum absolute atomic E-state index is 0. The van der Waals surface area contributed by atoms with Gasteiger partial charge in [0, 0.05) is 19.6 Å². The summed E-state index contributed by atoms with van der Waals surface area (Å²) in [5, 5.41) is 0. The molecule has 0 aromatic heterocycles. The lowest BCUT2D eigenvalue weighted by Crippen LogP contribution is -3.00. The zero-order chi connectivity index (χ0) is 12.6. The summed E-state index contributed by atoms with van der Waals surface area (Å²) in [7, 11) is 0. The van der Waals surface area contributed by atoms with Gasteiger partial charge in [0.15, 0.2) is 0 Å². The minimum atomic E-state index is 0. The number of guanidine groups is 1. The minimum Gasteiger partial charge on any atom is -1.00 e. The molecule has 0 N–H and O–H groups in total. The van der Waals surface area contributed by atoms with Crippen molar-refractivity contribution in [2.24, 2.45) is 4.99 Å². The van der Waals surface area contributed by atoms with Crippen LogP contribution in [-0.2, 0) is 0 Å². The largest absolute Gasteiger partial charge is 1.00 e. The molecule has 0 fully saturated rings. The van der Waals surface area contributed by atoms with Crippen LogP contribution in [0.1, 0.15) is 41.5 Å². The summed E-state index contributed by atoms with van der Waals surface area (Å²) >= 11 is 0. The van der Waals surface area contributed by atoms with E-state index in [9.17, 15) is 0 Å². The van der Waals surface area contributed by atoms with E-state index < -0.39 is 0 Å². The van der Waals surface area contributed by atoms with Gasteiger partial charge >= 0.3 is 0 Å². The van der Waals surface area contributed by atoms with E-state index in [0.29, 0.717) is 0 Å². The van der Waals surface area contributed by atoms with Gasteiger partial charge in [-0.25, -0.2) is 4.99 Å². The SMILES string of the molecule is CC/N=C(\N(CC)CC)[N+](CC)(CC)CC.[Cl-]. The predicted molar refractivity (Wildman–Crippen MR) is 72.8 cm³/mol. The van der Waals surface area contributed by atoms with Crippen LogP contribution in [0.15, 0.2) is 4.99 Å². The Morgan fingerprint density at radius 1 is 0.882 bits per heavy atom. The van der Waals surface area contributed by atoms with Crippen molar-refractivity contribution in [1.29, 1.82) is 0 Å². The van der Waals surface area contributed by atoms with Gasteiger partial charge in [0.25, 0.3) is 5.96 Å². The summed E-state index contributed by atoms with van der Waals surface area (Å²) in [5.41, 5.74) is 0. The third kappa shape index (κ3) is 4.47.